The summed E-state index contributed by atoms with van der Waals surface area (Å²) in [5.74, 6) is 0.376. The van der Waals surface area contributed by atoms with Crippen LogP contribution in [0.15, 0.2) is 119 Å². The van der Waals surface area contributed by atoms with Gasteiger partial charge in [0, 0.05) is 29.2 Å². The van der Waals surface area contributed by atoms with Crippen molar-refractivity contribution in [2.45, 2.75) is 6.17 Å². The molecule has 1 unspecified atom stereocenters. The molecular formula is C27H21N7O. The van der Waals surface area contributed by atoms with Crippen molar-refractivity contribution < 1.29 is 4.42 Å². The van der Waals surface area contributed by atoms with Crippen LogP contribution in [0, 0.1) is 0 Å². The van der Waals surface area contributed by atoms with Gasteiger partial charge in [-0.05, 0) is 24.3 Å². The van der Waals surface area contributed by atoms with E-state index in [0.29, 0.717) is 11.6 Å². The fraction of sp³-hybridized carbons (Fsp3) is 0.0370. The Morgan fingerprint density at radius 2 is 1.63 bits per heavy atom. The third-order valence-corrected chi connectivity index (χ3v) is 5.68. The average molecular weight is 460 g/mol. The molecule has 3 aromatic carbocycles. The Labute approximate surface area is 201 Å². The number of nitrogens with zero attached hydrogens (tertiary/aromatic N) is 5. The molecule has 5 aromatic rings. The van der Waals surface area contributed by atoms with Crippen LogP contribution >= 0.6 is 0 Å². The third-order valence-electron chi connectivity index (χ3n) is 5.68. The maximum atomic E-state index is 6.01. The van der Waals surface area contributed by atoms with Gasteiger partial charge in [0.2, 0.25) is 0 Å². The highest BCUT2D eigenvalue weighted by molar-refractivity contribution is 6.16. The zero-order chi connectivity index (χ0) is 23.6. The minimum atomic E-state index is -0.535. The predicted molar refractivity (Wildman–Crippen MR) is 136 cm³/mol. The summed E-state index contributed by atoms with van der Waals surface area (Å²) in [6.07, 6.45) is 3.06. The van der Waals surface area contributed by atoms with E-state index in [1.807, 2.05) is 91.1 Å². The summed E-state index contributed by atoms with van der Waals surface area (Å²) in [7, 11) is 0. The maximum Gasteiger partial charge on any atom is 0.317 e. The largest absolute Gasteiger partial charge is 0.403 e. The maximum absolute atomic E-state index is 6.01. The predicted octanol–water partition coefficient (Wildman–Crippen LogP) is 5.14. The Hall–Kier alpha value is -4.98. The molecule has 0 spiro atoms. The lowest BCUT2D eigenvalue weighted by Gasteiger charge is -2.15. The number of fused-ring (bicyclic) bond motifs is 1. The van der Waals surface area contributed by atoms with Gasteiger partial charge in [0.1, 0.15) is 0 Å². The van der Waals surface area contributed by atoms with Gasteiger partial charge in [-0.25, -0.2) is 4.68 Å². The second kappa shape index (κ2) is 8.75. The van der Waals surface area contributed by atoms with Crippen molar-refractivity contribution in [3.63, 3.8) is 0 Å². The molecule has 0 bridgehead atoms. The zero-order valence-electron chi connectivity index (χ0n) is 18.7. The van der Waals surface area contributed by atoms with Crippen LogP contribution in [0.25, 0.3) is 17.1 Å². The van der Waals surface area contributed by atoms with E-state index < -0.39 is 6.17 Å². The van der Waals surface area contributed by atoms with Crippen molar-refractivity contribution in [3.05, 3.63) is 121 Å². The first-order valence-electron chi connectivity index (χ1n) is 11.1. The second-order valence-corrected chi connectivity index (χ2v) is 7.97. The van der Waals surface area contributed by atoms with E-state index in [1.165, 1.54) is 0 Å². The van der Waals surface area contributed by atoms with Crippen molar-refractivity contribution in [1.29, 1.82) is 0 Å². The molecule has 1 aliphatic rings. The first kappa shape index (κ1) is 20.6. The van der Waals surface area contributed by atoms with E-state index in [4.69, 9.17) is 9.41 Å². The van der Waals surface area contributed by atoms with E-state index in [-0.39, 0.29) is 6.01 Å². The smallest absolute Gasteiger partial charge is 0.317 e. The lowest BCUT2D eigenvalue weighted by Crippen LogP contribution is -2.23. The summed E-state index contributed by atoms with van der Waals surface area (Å²) in [6, 6.07) is 27.9. The monoisotopic (exact) mass is 459 g/mol. The van der Waals surface area contributed by atoms with Crippen molar-refractivity contribution in [2.75, 3.05) is 10.6 Å². The molecule has 170 valence electrons. The molecule has 35 heavy (non-hydrogen) atoms. The van der Waals surface area contributed by atoms with Crippen LogP contribution < -0.4 is 10.6 Å². The second-order valence-electron chi connectivity index (χ2n) is 7.97. The fourth-order valence-corrected chi connectivity index (χ4v) is 4.03. The molecule has 8 heteroatoms. The van der Waals surface area contributed by atoms with Crippen molar-refractivity contribution in [3.8, 4) is 17.1 Å². The molecule has 2 aromatic heterocycles. The molecule has 0 saturated carbocycles. The summed E-state index contributed by atoms with van der Waals surface area (Å²) in [6.45, 7) is 4.21. The Kier molecular flexibility index (Phi) is 5.16. The molecule has 0 amide bonds. The number of anilines is 2. The van der Waals surface area contributed by atoms with Crippen LogP contribution in [0.5, 0.6) is 0 Å². The van der Waals surface area contributed by atoms with E-state index in [2.05, 4.69) is 32.5 Å². The van der Waals surface area contributed by atoms with E-state index >= 15 is 0 Å². The lowest BCUT2D eigenvalue weighted by atomic mass is 10.0. The summed E-state index contributed by atoms with van der Waals surface area (Å²) in [5.41, 5.74) is 6.05. The first-order valence-corrected chi connectivity index (χ1v) is 11.1. The Morgan fingerprint density at radius 3 is 2.46 bits per heavy atom. The fourth-order valence-electron chi connectivity index (χ4n) is 4.03. The molecular weight excluding hydrogens is 438 g/mol. The number of hydrogen-bond acceptors (Lipinski definition) is 7. The number of aliphatic imine (C=N–C) groups is 1. The van der Waals surface area contributed by atoms with Gasteiger partial charge in [-0.3, -0.25) is 4.99 Å². The van der Waals surface area contributed by atoms with Gasteiger partial charge in [0.05, 0.1) is 22.7 Å². The molecule has 1 atom stereocenters. The number of nitrogens with one attached hydrogen (secondary N) is 2. The van der Waals surface area contributed by atoms with Crippen LogP contribution in [-0.4, -0.2) is 31.9 Å². The lowest BCUT2D eigenvalue weighted by molar-refractivity contribution is 0.574. The Balaban J connectivity index is 1.35. The minimum absolute atomic E-state index is 0.241. The Morgan fingerprint density at radius 1 is 0.857 bits per heavy atom. The Bertz CT molecular complexity index is 1520. The molecule has 1 aliphatic heterocycles. The molecule has 0 fully saturated rings. The van der Waals surface area contributed by atoms with Crippen LogP contribution in [0.1, 0.15) is 11.1 Å². The molecule has 0 saturated heterocycles. The molecule has 2 N–H and O–H groups in total. The van der Waals surface area contributed by atoms with Crippen LogP contribution in [0.2, 0.25) is 0 Å². The van der Waals surface area contributed by atoms with E-state index in [9.17, 15) is 0 Å². The third kappa shape index (κ3) is 3.97. The van der Waals surface area contributed by atoms with Gasteiger partial charge in [-0.1, -0.05) is 72.3 Å². The van der Waals surface area contributed by atoms with Crippen molar-refractivity contribution in [2.24, 2.45) is 4.99 Å². The standard InChI is InChI=1S/C27H21N7O/c1-18-25(30-24(19-10-3-2-4-11-19)20-12-5-7-14-22(20)29-18)31-27-33-32-26(35-27)21-13-6-8-15-23(21)34-17-9-16-28-34/h2-17,25,29H,1H2,(H,31,33). The summed E-state index contributed by atoms with van der Waals surface area (Å²) >= 11 is 0. The summed E-state index contributed by atoms with van der Waals surface area (Å²) in [5, 5.41) is 19.4. The average Bonchev–Trinajstić information content (AvgIpc) is 3.58. The minimum Gasteiger partial charge on any atom is -0.403 e. The molecule has 3 heterocycles. The van der Waals surface area contributed by atoms with E-state index in [0.717, 1.165) is 33.8 Å². The first-order chi connectivity index (χ1) is 17.3. The summed E-state index contributed by atoms with van der Waals surface area (Å²) in [4.78, 5) is 5.01. The normalized spacial score (nSPS) is 15.0. The SMILES string of the molecule is C=C1Nc2ccccc2C(c2ccccc2)=NC1Nc1nnc(-c2ccccc2-n2cccn2)o1. The number of aromatic nitrogens is 4. The van der Waals surface area contributed by atoms with E-state index in [1.54, 1.807) is 10.9 Å². The van der Waals surface area contributed by atoms with Crippen LogP contribution in [0.4, 0.5) is 11.7 Å². The van der Waals surface area contributed by atoms with Crippen LogP contribution in [-0.2, 0) is 0 Å². The highest BCUT2D eigenvalue weighted by Crippen LogP contribution is 2.29. The van der Waals surface area contributed by atoms with Gasteiger partial charge in [-0.15, -0.1) is 5.10 Å². The van der Waals surface area contributed by atoms with Crippen molar-refractivity contribution in [1.82, 2.24) is 20.0 Å². The molecule has 6 rings (SSSR count). The summed E-state index contributed by atoms with van der Waals surface area (Å²) < 4.78 is 7.77. The zero-order valence-corrected chi connectivity index (χ0v) is 18.7. The number of hydrogen-bond donors (Lipinski definition) is 2. The van der Waals surface area contributed by atoms with Crippen LogP contribution in [0.3, 0.4) is 0 Å². The topological polar surface area (TPSA) is 93.2 Å². The highest BCUT2D eigenvalue weighted by Gasteiger charge is 2.24. The number of para-hydroxylation sites is 2. The quantitative estimate of drug-likeness (QED) is 0.378. The van der Waals surface area contributed by atoms with Gasteiger partial charge in [0.25, 0.3) is 5.89 Å². The number of rotatable bonds is 5. The van der Waals surface area contributed by atoms with Crippen molar-refractivity contribution >= 4 is 17.4 Å². The van der Waals surface area contributed by atoms with Gasteiger partial charge in [-0.2, -0.15) is 5.10 Å². The highest BCUT2D eigenvalue weighted by atomic mass is 16.4. The number of benzodiazepines with no additional fused rings is 1. The molecule has 8 nitrogen and oxygen atoms in total. The van der Waals surface area contributed by atoms with Gasteiger partial charge >= 0.3 is 6.01 Å². The van der Waals surface area contributed by atoms with Gasteiger partial charge < -0.3 is 15.1 Å². The molecule has 0 aliphatic carbocycles. The van der Waals surface area contributed by atoms with Gasteiger partial charge in [0.15, 0.2) is 6.17 Å². The molecule has 0 radical (unpaired) electrons. The number of benzene rings is 3.